The quantitative estimate of drug-likeness (QED) is 0.597. The molecule has 0 atom stereocenters. The number of H-pyrrole nitrogens is 1. The predicted octanol–water partition coefficient (Wildman–Crippen LogP) is 2.48. The first-order valence-electron chi connectivity index (χ1n) is 5.96. The van der Waals surface area contributed by atoms with Crippen LogP contribution in [0.4, 0.5) is 15.8 Å². The van der Waals surface area contributed by atoms with Crippen LogP contribution in [0.1, 0.15) is 11.4 Å². The summed E-state index contributed by atoms with van der Waals surface area (Å²) >= 11 is 1.26. The molecule has 1 aromatic carbocycles. The number of thioether (sulfide) groups is 1. The van der Waals surface area contributed by atoms with Gasteiger partial charge in [0.15, 0.2) is 0 Å². The molecule has 1 amide bonds. The summed E-state index contributed by atoms with van der Waals surface area (Å²) in [7, 11) is 0. The number of nitrogens with one attached hydrogen (secondary N) is 2. The number of amides is 1. The molecule has 0 radical (unpaired) electrons. The molecule has 7 heteroatoms. The summed E-state index contributed by atoms with van der Waals surface area (Å²) < 4.78 is 12.9. The Hall–Kier alpha value is -2.02. The molecule has 0 aliphatic heterocycles. The van der Waals surface area contributed by atoms with Gasteiger partial charge in [-0.05, 0) is 32.0 Å². The number of nitrogens with two attached hydrogens (primary N) is 1. The lowest BCUT2D eigenvalue weighted by Gasteiger charge is -2.07. The first-order valence-corrected chi connectivity index (χ1v) is 6.95. The van der Waals surface area contributed by atoms with Crippen LogP contribution in [0.2, 0.25) is 0 Å². The number of nitrogens with zero attached hydrogens (tertiary/aromatic N) is 1. The van der Waals surface area contributed by atoms with Gasteiger partial charge in [0.2, 0.25) is 5.91 Å². The van der Waals surface area contributed by atoms with E-state index in [0.717, 1.165) is 11.4 Å². The minimum absolute atomic E-state index is 0.161. The van der Waals surface area contributed by atoms with E-state index >= 15 is 0 Å². The normalized spacial score (nSPS) is 10.6. The van der Waals surface area contributed by atoms with Crippen LogP contribution in [0.15, 0.2) is 23.1 Å². The average molecular weight is 294 g/mol. The van der Waals surface area contributed by atoms with Gasteiger partial charge in [-0.25, -0.2) is 4.39 Å². The number of aryl methyl sites for hydroxylation is 2. The summed E-state index contributed by atoms with van der Waals surface area (Å²) in [4.78, 5) is 12.6. The van der Waals surface area contributed by atoms with E-state index in [-0.39, 0.29) is 17.5 Å². The highest BCUT2D eigenvalue weighted by Gasteiger charge is 2.11. The molecular weight excluding hydrogens is 279 g/mol. The molecule has 2 aromatic rings. The van der Waals surface area contributed by atoms with Crippen molar-refractivity contribution < 1.29 is 9.18 Å². The lowest BCUT2D eigenvalue weighted by Crippen LogP contribution is -2.15. The average Bonchev–Trinajstić information content (AvgIpc) is 2.69. The summed E-state index contributed by atoms with van der Waals surface area (Å²) in [5.41, 5.74) is 8.26. The number of anilines is 2. The fourth-order valence-electron chi connectivity index (χ4n) is 1.70. The molecule has 1 heterocycles. The number of halogens is 1. The number of benzene rings is 1. The van der Waals surface area contributed by atoms with E-state index < -0.39 is 0 Å². The van der Waals surface area contributed by atoms with Crippen LogP contribution in [0.25, 0.3) is 0 Å². The predicted molar refractivity (Wildman–Crippen MR) is 78.2 cm³/mol. The highest BCUT2D eigenvalue weighted by atomic mass is 32.2. The first-order chi connectivity index (χ1) is 9.47. The summed E-state index contributed by atoms with van der Waals surface area (Å²) in [5.74, 6) is -0.354. The van der Waals surface area contributed by atoms with Crippen molar-refractivity contribution in [3.8, 4) is 0 Å². The molecule has 5 nitrogen and oxygen atoms in total. The molecular formula is C13H15FN4OS. The van der Waals surface area contributed by atoms with Gasteiger partial charge in [0, 0.05) is 10.6 Å². The Balaban J connectivity index is 1.96. The van der Waals surface area contributed by atoms with Crippen LogP contribution in [0.3, 0.4) is 0 Å². The third-order valence-corrected chi connectivity index (χ3v) is 3.81. The molecule has 0 saturated carbocycles. The molecule has 0 saturated heterocycles. The van der Waals surface area contributed by atoms with E-state index in [4.69, 9.17) is 5.73 Å². The molecule has 0 bridgehead atoms. The van der Waals surface area contributed by atoms with Crippen LogP contribution in [-0.4, -0.2) is 21.9 Å². The van der Waals surface area contributed by atoms with Crippen molar-refractivity contribution in [3.05, 3.63) is 35.4 Å². The maximum Gasteiger partial charge on any atom is 0.234 e. The van der Waals surface area contributed by atoms with Gasteiger partial charge < -0.3 is 11.1 Å². The fourth-order valence-corrected chi connectivity index (χ4v) is 2.45. The van der Waals surface area contributed by atoms with Crippen LogP contribution in [-0.2, 0) is 4.79 Å². The molecule has 2 rings (SSSR count). The molecule has 4 N–H and O–H groups in total. The maximum absolute atomic E-state index is 12.9. The number of carbonyl (C=O) groups is 1. The Morgan fingerprint density at radius 3 is 2.85 bits per heavy atom. The van der Waals surface area contributed by atoms with Crippen molar-refractivity contribution in [2.75, 3.05) is 16.8 Å². The zero-order chi connectivity index (χ0) is 14.7. The van der Waals surface area contributed by atoms with Gasteiger partial charge in [0.05, 0.1) is 22.8 Å². The van der Waals surface area contributed by atoms with Crippen LogP contribution in [0, 0.1) is 19.7 Å². The van der Waals surface area contributed by atoms with Crippen molar-refractivity contribution in [2.45, 2.75) is 18.7 Å². The molecule has 0 unspecified atom stereocenters. The third kappa shape index (κ3) is 3.30. The standard InChI is InChI=1S/C13H15FN4OS/c1-7-13(8(2)18-17-7)16-12(19)6-20-11-4-3-9(14)5-10(11)15/h3-5H,6,15H2,1-2H3,(H,16,19)(H,17,18). The second-order valence-corrected chi connectivity index (χ2v) is 5.35. The largest absolute Gasteiger partial charge is 0.398 e. The van der Waals surface area contributed by atoms with E-state index in [0.29, 0.717) is 16.3 Å². The second-order valence-electron chi connectivity index (χ2n) is 4.33. The number of rotatable bonds is 4. The highest BCUT2D eigenvalue weighted by Crippen LogP contribution is 2.26. The van der Waals surface area contributed by atoms with Gasteiger partial charge in [-0.15, -0.1) is 11.8 Å². The van der Waals surface area contributed by atoms with Crippen molar-refractivity contribution in [1.29, 1.82) is 0 Å². The van der Waals surface area contributed by atoms with Gasteiger partial charge >= 0.3 is 0 Å². The summed E-state index contributed by atoms with van der Waals surface area (Å²) in [6.07, 6.45) is 0. The van der Waals surface area contributed by atoms with E-state index in [2.05, 4.69) is 15.5 Å². The second kappa shape index (κ2) is 5.96. The van der Waals surface area contributed by atoms with Crippen molar-refractivity contribution in [2.24, 2.45) is 0 Å². The minimum Gasteiger partial charge on any atom is -0.398 e. The number of aromatic amines is 1. The molecule has 0 aliphatic rings. The topological polar surface area (TPSA) is 83.8 Å². The van der Waals surface area contributed by atoms with Crippen LogP contribution < -0.4 is 11.1 Å². The van der Waals surface area contributed by atoms with Crippen LogP contribution >= 0.6 is 11.8 Å². The van der Waals surface area contributed by atoms with Crippen molar-refractivity contribution in [1.82, 2.24) is 10.2 Å². The summed E-state index contributed by atoms with van der Waals surface area (Å²) in [5, 5.41) is 9.59. The van der Waals surface area contributed by atoms with E-state index in [9.17, 15) is 9.18 Å². The lowest BCUT2D eigenvalue weighted by atomic mass is 10.3. The molecule has 0 fully saturated rings. The number of hydrogen-bond donors (Lipinski definition) is 3. The highest BCUT2D eigenvalue weighted by molar-refractivity contribution is 8.00. The van der Waals surface area contributed by atoms with Crippen molar-refractivity contribution in [3.63, 3.8) is 0 Å². The van der Waals surface area contributed by atoms with Crippen LogP contribution in [0.5, 0.6) is 0 Å². The zero-order valence-corrected chi connectivity index (χ0v) is 12.0. The summed E-state index contributed by atoms with van der Waals surface area (Å²) in [6.45, 7) is 3.64. The molecule has 1 aromatic heterocycles. The number of hydrogen-bond acceptors (Lipinski definition) is 4. The number of carbonyl (C=O) groups excluding carboxylic acids is 1. The fraction of sp³-hybridized carbons (Fsp3) is 0.231. The van der Waals surface area contributed by atoms with Crippen molar-refractivity contribution >= 4 is 29.0 Å². The molecule has 106 valence electrons. The van der Waals surface area contributed by atoms with E-state index in [1.165, 1.54) is 23.9 Å². The van der Waals surface area contributed by atoms with Gasteiger partial charge in [-0.1, -0.05) is 0 Å². The molecule has 0 spiro atoms. The smallest absolute Gasteiger partial charge is 0.234 e. The Morgan fingerprint density at radius 2 is 2.25 bits per heavy atom. The Morgan fingerprint density at radius 1 is 1.50 bits per heavy atom. The zero-order valence-electron chi connectivity index (χ0n) is 11.2. The van der Waals surface area contributed by atoms with Gasteiger partial charge in [0.25, 0.3) is 0 Å². The number of aromatic nitrogens is 2. The van der Waals surface area contributed by atoms with E-state index in [1.54, 1.807) is 6.07 Å². The monoisotopic (exact) mass is 294 g/mol. The molecule has 20 heavy (non-hydrogen) atoms. The molecule has 0 aliphatic carbocycles. The maximum atomic E-state index is 12.9. The Kier molecular flexibility index (Phi) is 4.29. The Labute approximate surface area is 120 Å². The third-order valence-electron chi connectivity index (χ3n) is 2.72. The number of nitrogen functional groups attached to an aromatic ring is 1. The summed E-state index contributed by atoms with van der Waals surface area (Å²) in [6, 6.07) is 4.13. The van der Waals surface area contributed by atoms with Gasteiger partial charge in [0.1, 0.15) is 5.82 Å². The SMILES string of the molecule is Cc1n[nH]c(C)c1NC(=O)CSc1ccc(F)cc1N. The lowest BCUT2D eigenvalue weighted by molar-refractivity contribution is -0.113. The van der Waals surface area contributed by atoms with Gasteiger partial charge in [-0.3, -0.25) is 9.89 Å². The van der Waals surface area contributed by atoms with Gasteiger partial charge in [-0.2, -0.15) is 5.10 Å². The van der Waals surface area contributed by atoms with E-state index in [1.807, 2.05) is 13.8 Å². The first kappa shape index (κ1) is 14.4. The Bertz CT molecular complexity index is 622. The minimum atomic E-state index is -0.388.